The van der Waals surface area contributed by atoms with Gasteiger partial charge in [0.2, 0.25) is 5.91 Å². The number of nitrogens with one attached hydrogen (secondary N) is 1. The van der Waals surface area contributed by atoms with Crippen molar-refractivity contribution in [3.63, 3.8) is 0 Å². The van der Waals surface area contributed by atoms with Gasteiger partial charge in [0.05, 0.1) is 6.61 Å². The molecule has 0 atom stereocenters. The van der Waals surface area contributed by atoms with Gasteiger partial charge in [0.1, 0.15) is 0 Å². The molecule has 0 radical (unpaired) electrons. The van der Waals surface area contributed by atoms with Gasteiger partial charge >= 0.3 is 0 Å². The Morgan fingerprint density at radius 2 is 2.31 bits per heavy atom. The van der Waals surface area contributed by atoms with Gasteiger partial charge in [0.15, 0.2) is 0 Å². The second-order valence-electron chi connectivity index (χ2n) is 2.30. The molecule has 0 aromatic rings. The van der Waals surface area contributed by atoms with Crippen LogP contribution in [0.5, 0.6) is 0 Å². The molecule has 0 heterocycles. The Kier molecular flexibility index (Phi) is 6.52. The van der Waals surface area contributed by atoms with Gasteiger partial charge in [-0.25, -0.2) is 0 Å². The highest BCUT2D eigenvalue weighted by Gasteiger charge is 1.98. The van der Waals surface area contributed by atoms with E-state index in [0.717, 1.165) is 0 Å². The van der Waals surface area contributed by atoms with Crippen LogP contribution in [-0.4, -0.2) is 30.7 Å². The van der Waals surface area contributed by atoms with Gasteiger partial charge in [0.25, 0.3) is 5.09 Å². The summed E-state index contributed by atoms with van der Waals surface area (Å²) < 4.78 is 0. The zero-order valence-electron chi connectivity index (χ0n) is 7.19. The molecule has 0 aliphatic rings. The summed E-state index contributed by atoms with van der Waals surface area (Å²) in [5.41, 5.74) is 5.12. The monoisotopic (exact) mass is 191 g/mol. The molecule has 3 N–H and O–H groups in total. The number of nitrogens with two attached hydrogens (primary N) is 1. The number of hydrogen-bond acceptors (Lipinski definition) is 5. The standard InChI is InChI=1S/C6H13N3O4/c7-3-2-6(10)8-4-1-5-13-9(11)12/h1-5,7H2,(H,8,10). The van der Waals surface area contributed by atoms with Crippen molar-refractivity contribution in [1.29, 1.82) is 0 Å². The summed E-state index contributed by atoms with van der Waals surface area (Å²) in [6.45, 7) is 0.666. The molecule has 0 fully saturated rings. The van der Waals surface area contributed by atoms with E-state index in [1.165, 1.54) is 0 Å². The highest BCUT2D eigenvalue weighted by molar-refractivity contribution is 5.75. The third-order valence-corrected chi connectivity index (χ3v) is 1.21. The van der Waals surface area contributed by atoms with E-state index in [-0.39, 0.29) is 18.9 Å². The van der Waals surface area contributed by atoms with Crippen LogP contribution in [0.2, 0.25) is 0 Å². The van der Waals surface area contributed by atoms with Crippen LogP contribution in [0.1, 0.15) is 12.8 Å². The summed E-state index contributed by atoms with van der Waals surface area (Å²) in [7, 11) is 0. The number of nitrogens with zero attached hydrogens (tertiary/aromatic N) is 1. The quantitative estimate of drug-likeness (QED) is 0.306. The first-order valence-corrected chi connectivity index (χ1v) is 3.91. The largest absolute Gasteiger partial charge is 0.356 e. The second-order valence-corrected chi connectivity index (χ2v) is 2.30. The maximum absolute atomic E-state index is 10.8. The SMILES string of the molecule is NCCC(=O)NCCCO[N+](=O)[O-]. The maximum atomic E-state index is 10.8. The molecule has 0 aliphatic carbocycles. The molecule has 0 unspecified atom stereocenters. The molecule has 0 bridgehead atoms. The van der Waals surface area contributed by atoms with E-state index in [4.69, 9.17) is 5.73 Å². The minimum Gasteiger partial charge on any atom is -0.356 e. The molecule has 0 aromatic heterocycles. The van der Waals surface area contributed by atoms with Gasteiger partial charge in [-0.15, -0.1) is 10.1 Å². The molecule has 0 aromatic carbocycles. The summed E-state index contributed by atoms with van der Waals surface area (Å²) in [6, 6.07) is 0. The van der Waals surface area contributed by atoms with E-state index in [1.807, 2.05) is 0 Å². The second kappa shape index (κ2) is 7.29. The lowest BCUT2D eigenvalue weighted by Gasteiger charge is -2.02. The molecular weight excluding hydrogens is 178 g/mol. The normalized spacial score (nSPS) is 9.31. The van der Waals surface area contributed by atoms with Crippen LogP contribution in [-0.2, 0) is 9.63 Å². The Morgan fingerprint density at radius 1 is 1.62 bits per heavy atom. The smallest absolute Gasteiger partial charge is 0.294 e. The van der Waals surface area contributed by atoms with Crippen LogP contribution >= 0.6 is 0 Å². The van der Waals surface area contributed by atoms with Gasteiger partial charge in [-0.2, -0.15) is 0 Å². The molecular formula is C6H13N3O4. The Balaban J connectivity index is 3.16. The van der Waals surface area contributed by atoms with E-state index < -0.39 is 5.09 Å². The molecule has 0 saturated heterocycles. The van der Waals surface area contributed by atoms with Gasteiger partial charge in [0, 0.05) is 19.5 Å². The van der Waals surface area contributed by atoms with Crippen molar-refractivity contribution in [2.24, 2.45) is 5.73 Å². The number of rotatable bonds is 7. The summed E-state index contributed by atoms with van der Waals surface area (Å²) >= 11 is 0. The third kappa shape index (κ3) is 8.54. The highest BCUT2D eigenvalue weighted by atomic mass is 16.9. The van der Waals surface area contributed by atoms with Gasteiger partial charge in [-0.05, 0) is 6.42 Å². The van der Waals surface area contributed by atoms with Crippen molar-refractivity contribution in [3.8, 4) is 0 Å². The average Bonchev–Trinajstić information content (AvgIpc) is 2.03. The number of hydrogen-bond donors (Lipinski definition) is 2. The number of amides is 1. The van der Waals surface area contributed by atoms with Crippen LogP contribution in [0.4, 0.5) is 0 Å². The fourth-order valence-electron chi connectivity index (χ4n) is 0.659. The van der Waals surface area contributed by atoms with Gasteiger partial charge < -0.3 is 15.9 Å². The van der Waals surface area contributed by atoms with E-state index in [0.29, 0.717) is 19.5 Å². The summed E-state index contributed by atoms with van der Waals surface area (Å²) in [6.07, 6.45) is 0.688. The summed E-state index contributed by atoms with van der Waals surface area (Å²) in [4.78, 5) is 24.5. The zero-order chi connectivity index (χ0) is 10.1. The van der Waals surface area contributed by atoms with Crippen molar-refractivity contribution in [2.75, 3.05) is 19.7 Å². The van der Waals surface area contributed by atoms with E-state index in [1.54, 1.807) is 0 Å². The van der Waals surface area contributed by atoms with E-state index in [2.05, 4.69) is 10.2 Å². The molecule has 76 valence electrons. The average molecular weight is 191 g/mol. The molecule has 7 nitrogen and oxygen atoms in total. The fourth-order valence-corrected chi connectivity index (χ4v) is 0.659. The predicted octanol–water partition coefficient (Wildman–Crippen LogP) is -0.950. The molecule has 7 heteroatoms. The Morgan fingerprint density at radius 3 is 2.85 bits per heavy atom. The first-order chi connectivity index (χ1) is 6.16. The first kappa shape index (κ1) is 11.6. The van der Waals surface area contributed by atoms with Gasteiger partial charge in [-0.1, -0.05) is 0 Å². The van der Waals surface area contributed by atoms with Crippen molar-refractivity contribution in [2.45, 2.75) is 12.8 Å². The molecule has 13 heavy (non-hydrogen) atoms. The summed E-state index contributed by atoms with van der Waals surface area (Å²) in [5, 5.41) is 11.4. The van der Waals surface area contributed by atoms with Crippen LogP contribution in [0.25, 0.3) is 0 Å². The van der Waals surface area contributed by atoms with Crippen molar-refractivity contribution in [1.82, 2.24) is 5.32 Å². The molecule has 1 amide bonds. The molecule has 0 rings (SSSR count). The van der Waals surface area contributed by atoms with Crippen molar-refractivity contribution in [3.05, 3.63) is 10.1 Å². The highest BCUT2D eigenvalue weighted by Crippen LogP contribution is 1.82. The minimum absolute atomic E-state index is 0.00406. The zero-order valence-corrected chi connectivity index (χ0v) is 7.19. The van der Waals surface area contributed by atoms with E-state index in [9.17, 15) is 14.9 Å². The maximum Gasteiger partial charge on any atom is 0.294 e. The van der Waals surface area contributed by atoms with Crippen LogP contribution in [0, 0.1) is 10.1 Å². The van der Waals surface area contributed by atoms with Gasteiger partial charge in [-0.3, -0.25) is 4.79 Å². The fraction of sp³-hybridized carbons (Fsp3) is 0.833. The lowest BCUT2D eigenvalue weighted by molar-refractivity contribution is -0.757. The lowest BCUT2D eigenvalue weighted by atomic mass is 10.4. The topological polar surface area (TPSA) is 107 Å². The van der Waals surface area contributed by atoms with Crippen LogP contribution < -0.4 is 11.1 Å². The number of carbonyl (C=O) groups excluding carboxylic acids is 1. The third-order valence-electron chi connectivity index (χ3n) is 1.21. The molecule has 0 spiro atoms. The van der Waals surface area contributed by atoms with Crippen LogP contribution in [0.3, 0.4) is 0 Å². The lowest BCUT2D eigenvalue weighted by Crippen LogP contribution is -2.27. The number of carbonyl (C=O) groups is 1. The first-order valence-electron chi connectivity index (χ1n) is 3.91. The Bertz CT molecular complexity index is 173. The summed E-state index contributed by atoms with van der Waals surface area (Å²) in [5.74, 6) is -0.149. The minimum atomic E-state index is -0.859. The Labute approximate surface area is 75.3 Å². The molecule has 0 aliphatic heterocycles. The van der Waals surface area contributed by atoms with Crippen molar-refractivity contribution < 1.29 is 14.7 Å². The Hall–Kier alpha value is -1.37. The van der Waals surface area contributed by atoms with Crippen molar-refractivity contribution >= 4 is 5.91 Å². The van der Waals surface area contributed by atoms with Crippen LogP contribution in [0.15, 0.2) is 0 Å². The van der Waals surface area contributed by atoms with E-state index >= 15 is 0 Å². The molecule has 0 saturated carbocycles. The predicted molar refractivity (Wildman–Crippen MR) is 44.2 cm³/mol.